The lowest BCUT2D eigenvalue weighted by molar-refractivity contribution is -0.137. The van der Waals surface area contributed by atoms with Crippen molar-refractivity contribution in [2.75, 3.05) is 13.1 Å². The smallest absolute Gasteiger partial charge is 0.341 e. The molecule has 90 valence electrons. The Bertz CT molecular complexity index is 309. The van der Waals surface area contributed by atoms with Crippen LogP contribution in [0.1, 0.15) is 19.3 Å². The van der Waals surface area contributed by atoms with Crippen LogP contribution in [-0.2, 0) is 9.59 Å². The van der Waals surface area contributed by atoms with Gasteiger partial charge in [-0.15, -0.1) is 0 Å². The molecule has 0 aliphatic carbocycles. The summed E-state index contributed by atoms with van der Waals surface area (Å²) in [5.41, 5.74) is -0.836. The highest BCUT2D eigenvalue weighted by Gasteiger charge is 2.26. The second-order valence-corrected chi connectivity index (χ2v) is 3.61. The first-order valence-corrected chi connectivity index (χ1v) is 5.04. The largest absolute Gasteiger partial charge is 0.478 e. The van der Waals surface area contributed by atoms with Gasteiger partial charge in [0.15, 0.2) is 0 Å². The van der Waals surface area contributed by atoms with Crippen LogP contribution in [0.5, 0.6) is 0 Å². The van der Waals surface area contributed by atoms with E-state index in [1.807, 2.05) is 0 Å². The maximum Gasteiger partial charge on any atom is 0.341 e. The topological polar surface area (TPSA) is 57.6 Å². The molecule has 0 aromatic rings. The maximum absolute atomic E-state index is 12.1. The Morgan fingerprint density at radius 2 is 1.75 bits per heavy atom. The number of ketones is 1. The van der Waals surface area contributed by atoms with Crippen molar-refractivity contribution in [3.8, 4) is 0 Å². The number of rotatable bonds is 4. The van der Waals surface area contributed by atoms with Gasteiger partial charge < -0.3 is 10.0 Å². The van der Waals surface area contributed by atoms with E-state index in [4.69, 9.17) is 5.11 Å². The zero-order chi connectivity index (χ0) is 12.1. The molecule has 1 N–H and O–H groups in total. The predicted molar refractivity (Wildman–Crippen MR) is 52.2 cm³/mol. The zero-order valence-corrected chi connectivity index (χ0v) is 8.66. The third-order valence-corrected chi connectivity index (χ3v) is 2.40. The van der Waals surface area contributed by atoms with E-state index >= 15 is 0 Å². The Morgan fingerprint density at radius 1 is 1.19 bits per heavy atom. The van der Waals surface area contributed by atoms with Crippen LogP contribution in [-0.4, -0.2) is 41.3 Å². The van der Waals surface area contributed by atoms with Crippen molar-refractivity contribution in [1.29, 1.82) is 0 Å². The monoisotopic (exact) mass is 233 g/mol. The highest BCUT2D eigenvalue weighted by Crippen LogP contribution is 2.13. The number of aliphatic carboxylic acids is 1. The number of Topliss-reactive ketones (excluding diaryl/α,β-unsaturated/α-hetero) is 1. The second-order valence-electron chi connectivity index (χ2n) is 3.61. The van der Waals surface area contributed by atoms with Gasteiger partial charge in [0.05, 0.1) is 0 Å². The van der Waals surface area contributed by atoms with Gasteiger partial charge in [-0.25, -0.2) is 13.6 Å². The third-order valence-electron chi connectivity index (χ3n) is 2.40. The highest BCUT2D eigenvalue weighted by molar-refractivity contribution is 6.17. The van der Waals surface area contributed by atoms with Crippen LogP contribution >= 0.6 is 0 Å². The Kier molecular flexibility index (Phi) is 4.39. The fourth-order valence-electron chi connectivity index (χ4n) is 1.57. The summed E-state index contributed by atoms with van der Waals surface area (Å²) >= 11 is 0. The van der Waals surface area contributed by atoms with Gasteiger partial charge in [0.2, 0.25) is 5.78 Å². The first-order valence-electron chi connectivity index (χ1n) is 5.04. The molecule has 0 aromatic carbocycles. The average Bonchev–Trinajstić information content (AvgIpc) is 2.26. The van der Waals surface area contributed by atoms with Crippen LogP contribution in [0.15, 0.2) is 11.8 Å². The number of carbonyl (C=O) groups excluding carboxylic acids is 1. The number of piperidine rings is 1. The van der Waals surface area contributed by atoms with E-state index in [9.17, 15) is 18.4 Å². The van der Waals surface area contributed by atoms with Crippen LogP contribution in [0, 0.1) is 0 Å². The molecule has 1 aliphatic rings. The molecule has 0 bridgehead atoms. The van der Waals surface area contributed by atoms with E-state index in [-0.39, 0.29) is 0 Å². The Labute approximate surface area is 91.5 Å². The van der Waals surface area contributed by atoms with Gasteiger partial charge in [0.25, 0.3) is 0 Å². The van der Waals surface area contributed by atoms with E-state index in [1.165, 1.54) is 0 Å². The van der Waals surface area contributed by atoms with Crippen molar-refractivity contribution in [2.45, 2.75) is 25.7 Å². The molecule has 4 nitrogen and oxygen atoms in total. The summed E-state index contributed by atoms with van der Waals surface area (Å²) in [5, 5.41) is 8.67. The molecule has 0 radical (unpaired) electrons. The molecule has 0 atom stereocenters. The van der Waals surface area contributed by atoms with Crippen LogP contribution in [0.3, 0.4) is 0 Å². The van der Waals surface area contributed by atoms with Crippen LogP contribution in [0.4, 0.5) is 8.78 Å². The molecule has 0 spiro atoms. The zero-order valence-electron chi connectivity index (χ0n) is 8.66. The minimum absolute atomic E-state index is 0.604. The van der Waals surface area contributed by atoms with Crippen molar-refractivity contribution in [2.24, 2.45) is 0 Å². The number of carbonyl (C=O) groups is 2. The molecule has 1 saturated heterocycles. The minimum Gasteiger partial charge on any atom is -0.478 e. The summed E-state index contributed by atoms with van der Waals surface area (Å²) in [6, 6.07) is 0. The lowest BCUT2D eigenvalue weighted by Gasteiger charge is -2.25. The fourth-order valence-corrected chi connectivity index (χ4v) is 1.57. The summed E-state index contributed by atoms with van der Waals surface area (Å²) in [7, 11) is 0. The molecule has 1 aliphatic heterocycles. The molecule has 1 heterocycles. The van der Waals surface area contributed by atoms with E-state index in [1.54, 1.807) is 4.90 Å². The van der Waals surface area contributed by atoms with Crippen molar-refractivity contribution in [3.63, 3.8) is 0 Å². The van der Waals surface area contributed by atoms with Gasteiger partial charge in [-0.1, -0.05) is 0 Å². The predicted octanol–water partition coefficient (Wildman–Crippen LogP) is 1.28. The SMILES string of the molecule is O=C(O)C(=CN1CCCCC1)C(=O)C(F)F. The fraction of sp³-hybridized carbons (Fsp3) is 0.600. The molecule has 6 heteroatoms. The van der Waals surface area contributed by atoms with Crippen LogP contribution in [0.2, 0.25) is 0 Å². The lowest BCUT2D eigenvalue weighted by atomic mass is 10.1. The molecule has 1 rings (SSSR count). The van der Waals surface area contributed by atoms with Crippen molar-refractivity contribution >= 4 is 11.8 Å². The molecular weight excluding hydrogens is 220 g/mol. The number of nitrogens with zero attached hydrogens (tertiary/aromatic N) is 1. The van der Waals surface area contributed by atoms with E-state index in [0.717, 1.165) is 25.5 Å². The molecule has 1 fully saturated rings. The average molecular weight is 233 g/mol. The van der Waals surface area contributed by atoms with Crippen molar-refractivity contribution in [3.05, 3.63) is 11.8 Å². The van der Waals surface area contributed by atoms with E-state index < -0.39 is 23.8 Å². The van der Waals surface area contributed by atoms with Gasteiger partial charge in [0, 0.05) is 19.3 Å². The minimum atomic E-state index is -3.27. The van der Waals surface area contributed by atoms with Gasteiger partial charge in [-0.05, 0) is 19.3 Å². The Balaban J connectivity index is 2.79. The summed E-state index contributed by atoms with van der Waals surface area (Å²) in [4.78, 5) is 23.2. The maximum atomic E-state index is 12.1. The van der Waals surface area contributed by atoms with E-state index in [2.05, 4.69) is 0 Å². The molecule has 0 unspecified atom stereocenters. The lowest BCUT2D eigenvalue weighted by Crippen LogP contribution is -2.28. The number of alkyl halides is 2. The molecule has 16 heavy (non-hydrogen) atoms. The molecule has 0 saturated carbocycles. The van der Waals surface area contributed by atoms with Crippen LogP contribution < -0.4 is 0 Å². The van der Waals surface area contributed by atoms with Crippen LogP contribution in [0.25, 0.3) is 0 Å². The number of carboxylic acids is 1. The Morgan fingerprint density at radius 3 is 2.19 bits per heavy atom. The number of hydrogen-bond donors (Lipinski definition) is 1. The van der Waals surface area contributed by atoms with Crippen molar-refractivity contribution < 1.29 is 23.5 Å². The summed E-state index contributed by atoms with van der Waals surface area (Å²) in [6.45, 7) is 1.21. The van der Waals surface area contributed by atoms with Gasteiger partial charge >= 0.3 is 12.4 Å². The third kappa shape index (κ3) is 3.29. The molecular formula is C10H13F2NO3. The molecule has 0 amide bonds. The normalized spacial score (nSPS) is 17.7. The quantitative estimate of drug-likeness (QED) is 0.451. The van der Waals surface area contributed by atoms with Crippen molar-refractivity contribution in [1.82, 2.24) is 4.90 Å². The van der Waals surface area contributed by atoms with E-state index in [0.29, 0.717) is 13.1 Å². The van der Waals surface area contributed by atoms with Gasteiger partial charge in [-0.3, -0.25) is 4.79 Å². The van der Waals surface area contributed by atoms with Gasteiger partial charge in [-0.2, -0.15) is 0 Å². The first kappa shape index (κ1) is 12.6. The summed E-state index contributed by atoms with van der Waals surface area (Å²) < 4.78 is 24.2. The summed E-state index contributed by atoms with van der Waals surface area (Å²) in [6.07, 6.45) is 0.566. The summed E-state index contributed by atoms with van der Waals surface area (Å²) in [5.74, 6) is -3.23. The Hall–Kier alpha value is -1.46. The highest BCUT2D eigenvalue weighted by atomic mass is 19.3. The second kappa shape index (κ2) is 5.58. The standard InChI is InChI=1S/C10H13F2NO3/c11-9(12)8(14)7(10(15)16)6-13-4-2-1-3-5-13/h6,9H,1-5H2,(H,15,16). The number of carboxylic acid groups (broad SMARTS) is 1. The first-order chi connectivity index (χ1) is 7.52. The number of likely N-dealkylation sites (tertiary alicyclic amines) is 1. The van der Waals surface area contributed by atoms with Gasteiger partial charge in [0.1, 0.15) is 5.57 Å². The number of hydrogen-bond acceptors (Lipinski definition) is 3. The molecule has 0 aromatic heterocycles. The number of halogens is 2.